The number of ether oxygens (including phenoxy) is 1. The zero-order valence-electron chi connectivity index (χ0n) is 17.0. The van der Waals surface area contributed by atoms with E-state index in [4.69, 9.17) is 4.74 Å². The first kappa shape index (κ1) is 21.0. The number of carbonyl (C=O) groups is 1. The van der Waals surface area contributed by atoms with Crippen molar-refractivity contribution in [2.24, 2.45) is 4.99 Å². The molecule has 8 nitrogen and oxygen atoms in total. The third-order valence-electron chi connectivity index (χ3n) is 4.58. The number of aliphatic imine (C=N–C) groups is 1. The van der Waals surface area contributed by atoms with Crippen LogP contribution in [-0.2, 0) is 9.53 Å². The van der Waals surface area contributed by atoms with Gasteiger partial charge in [-0.15, -0.1) is 11.8 Å². The van der Waals surface area contributed by atoms with Gasteiger partial charge in [0.25, 0.3) is 6.43 Å². The van der Waals surface area contributed by atoms with Gasteiger partial charge < -0.3 is 20.4 Å². The molecule has 1 aliphatic rings. The number of benzene rings is 1. The van der Waals surface area contributed by atoms with E-state index in [0.717, 1.165) is 16.1 Å². The number of aromatic nitrogens is 3. The van der Waals surface area contributed by atoms with Crippen LogP contribution in [0.25, 0.3) is 11.2 Å². The lowest BCUT2D eigenvalue weighted by atomic mass is 10.1. The van der Waals surface area contributed by atoms with Crippen LogP contribution in [0.1, 0.15) is 31.7 Å². The standard InChI is InChI=1S/C20H20F2N6O2S/c1-20(2)8-30-19(28-20)10-4-5-11(13(6-10)31-3)24-12-7-14(23-9-29)25-17-15(12)26-18(27-17)16(21)22/h4-7,9,16H,8H2,1-3H3,(H3,23,24,25,26,27,29). The maximum atomic E-state index is 13.1. The van der Waals surface area contributed by atoms with Gasteiger partial charge in [-0.1, -0.05) is 0 Å². The molecule has 0 spiro atoms. The lowest BCUT2D eigenvalue weighted by Gasteiger charge is -2.13. The van der Waals surface area contributed by atoms with E-state index in [-0.39, 0.29) is 17.0 Å². The Morgan fingerprint density at radius 1 is 1.26 bits per heavy atom. The molecule has 31 heavy (non-hydrogen) atoms. The number of rotatable bonds is 7. The number of anilines is 3. The minimum Gasteiger partial charge on any atom is -0.475 e. The molecule has 11 heteroatoms. The maximum absolute atomic E-state index is 13.1. The van der Waals surface area contributed by atoms with Crippen molar-refractivity contribution < 1.29 is 18.3 Å². The predicted octanol–water partition coefficient (Wildman–Crippen LogP) is 4.48. The van der Waals surface area contributed by atoms with Crippen LogP contribution < -0.4 is 10.6 Å². The molecule has 162 valence electrons. The van der Waals surface area contributed by atoms with Crippen LogP contribution in [0.3, 0.4) is 0 Å². The fraction of sp³-hybridized carbons (Fsp3) is 0.300. The Bertz CT molecular complexity index is 1180. The van der Waals surface area contributed by atoms with Gasteiger partial charge in [-0.05, 0) is 38.3 Å². The van der Waals surface area contributed by atoms with Crippen molar-refractivity contribution in [2.45, 2.75) is 30.7 Å². The van der Waals surface area contributed by atoms with Gasteiger partial charge in [0.1, 0.15) is 17.9 Å². The lowest BCUT2D eigenvalue weighted by molar-refractivity contribution is -0.105. The zero-order chi connectivity index (χ0) is 22.2. The van der Waals surface area contributed by atoms with Gasteiger partial charge in [0.15, 0.2) is 11.5 Å². The molecule has 0 radical (unpaired) electrons. The summed E-state index contributed by atoms with van der Waals surface area (Å²) in [5.74, 6) is 0.287. The molecule has 0 saturated heterocycles. The van der Waals surface area contributed by atoms with E-state index >= 15 is 0 Å². The van der Waals surface area contributed by atoms with Crippen LogP contribution in [-0.4, -0.2) is 45.7 Å². The Morgan fingerprint density at radius 2 is 2.06 bits per heavy atom. The van der Waals surface area contributed by atoms with Gasteiger partial charge in [0.05, 0.1) is 16.9 Å². The van der Waals surface area contributed by atoms with Crippen LogP contribution in [0.5, 0.6) is 0 Å². The van der Waals surface area contributed by atoms with Crippen LogP contribution in [0.15, 0.2) is 34.2 Å². The molecule has 0 aliphatic carbocycles. The van der Waals surface area contributed by atoms with E-state index in [2.05, 4.69) is 30.6 Å². The van der Waals surface area contributed by atoms with E-state index in [0.29, 0.717) is 30.1 Å². The number of thioether (sulfide) groups is 1. The van der Waals surface area contributed by atoms with Crippen molar-refractivity contribution in [3.05, 3.63) is 35.7 Å². The van der Waals surface area contributed by atoms with Crippen molar-refractivity contribution in [1.82, 2.24) is 15.0 Å². The van der Waals surface area contributed by atoms with Crippen molar-refractivity contribution in [3.8, 4) is 0 Å². The molecule has 0 atom stereocenters. The average Bonchev–Trinajstić information content (AvgIpc) is 3.32. The fourth-order valence-electron chi connectivity index (χ4n) is 3.15. The third-order valence-corrected chi connectivity index (χ3v) is 5.36. The number of H-pyrrole nitrogens is 1. The third kappa shape index (κ3) is 4.31. The second-order valence-corrected chi connectivity index (χ2v) is 8.34. The topological polar surface area (TPSA) is 104 Å². The molecular weight excluding hydrogens is 426 g/mol. The summed E-state index contributed by atoms with van der Waals surface area (Å²) < 4.78 is 32.0. The van der Waals surface area contributed by atoms with Gasteiger partial charge in [-0.3, -0.25) is 4.79 Å². The first-order chi connectivity index (χ1) is 14.8. The number of fused-ring (bicyclic) bond motifs is 1. The molecule has 2 aromatic heterocycles. The number of nitrogens with one attached hydrogen (secondary N) is 3. The highest BCUT2D eigenvalue weighted by atomic mass is 32.2. The summed E-state index contributed by atoms with van der Waals surface area (Å²) in [6.07, 6.45) is -0.384. The van der Waals surface area contributed by atoms with Crippen LogP contribution in [0, 0.1) is 0 Å². The Morgan fingerprint density at radius 3 is 2.71 bits per heavy atom. The molecule has 3 aromatic rings. The predicted molar refractivity (Wildman–Crippen MR) is 117 cm³/mol. The second-order valence-electron chi connectivity index (χ2n) is 7.50. The summed E-state index contributed by atoms with van der Waals surface area (Å²) in [4.78, 5) is 26.9. The van der Waals surface area contributed by atoms with E-state index in [1.807, 2.05) is 38.3 Å². The van der Waals surface area contributed by atoms with Crippen LogP contribution >= 0.6 is 11.8 Å². The van der Waals surface area contributed by atoms with E-state index in [1.165, 1.54) is 11.8 Å². The van der Waals surface area contributed by atoms with Gasteiger partial charge in [-0.25, -0.2) is 23.7 Å². The molecule has 1 amide bonds. The van der Waals surface area contributed by atoms with Crippen molar-refractivity contribution in [1.29, 1.82) is 0 Å². The molecule has 3 N–H and O–H groups in total. The number of nitrogens with zero attached hydrogens (tertiary/aromatic N) is 3. The number of alkyl halides is 2. The highest BCUT2D eigenvalue weighted by Crippen LogP contribution is 2.34. The summed E-state index contributed by atoms with van der Waals surface area (Å²) in [7, 11) is 0. The highest BCUT2D eigenvalue weighted by Gasteiger charge is 2.27. The number of amides is 1. The fourth-order valence-corrected chi connectivity index (χ4v) is 3.73. The van der Waals surface area contributed by atoms with Gasteiger partial charge in [-0.2, -0.15) is 0 Å². The minimum absolute atomic E-state index is 0.0721. The molecule has 1 aromatic carbocycles. The first-order valence-corrected chi connectivity index (χ1v) is 10.6. The zero-order valence-corrected chi connectivity index (χ0v) is 17.8. The Labute approximate surface area is 180 Å². The van der Waals surface area contributed by atoms with E-state index in [1.54, 1.807) is 6.07 Å². The van der Waals surface area contributed by atoms with E-state index < -0.39 is 12.2 Å². The molecule has 0 fully saturated rings. The van der Waals surface area contributed by atoms with Gasteiger partial charge in [0.2, 0.25) is 12.3 Å². The summed E-state index contributed by atoms with van der Waals surface area (Å²) in [6.45, 7) is 4.52. The van der Waals surface area contributed by atoms with E-state index in [9.17, 15) is 13.6 Å². The Hall–Kier alpha value is -3.21. The van der Waals surface area contributed by atoms with Crippen molar-refractivity contribution in [2.75, 3.05) is 23.5 Å². The normalized spacial score (nSPS) is 15.1. The number of imidazole rings is 1. The molecule has 0 bridgehead atoms. The average molecular weight is 446 g/mol. The smallest absolute Gasteiger partial charge is 0.295 e. The highest BCUT2D eigenvalue weighted by molar-refractivity contribution is 7.98. The summed E-state index contributed by atoms with van der Waals surface area (Å²) >= 11 is 1.51. The first-order valence-electron chi connectivity index (χ1n) is 9.37. The number of halogens is 2. The number of hydrogen-bond donors (Lipinski definition) is 3. The summed E-state index contributed by atoms with van der Waals surface area (Å²) in [6, 6.07) is 7.24. The van der Waals surface area contributed by atoms with Crippen LogP contribution in [0.2, 0.25) is 0 Å². The SMILES string of the molecule is CSc1cc(C2=NC(C)(C)CO2)ccc1Nc1cc(NC=O)nc2nc(C(F)F)[nH]c12. The van der Waals surface area contributed by atoms with Gasteiger partial charge >= 0.3 is 0 Å². The molecule has 4 rings (SSSR count). The number of pyridine rings is 1. The van der Waals surface area contributed by atoms with Crippen molar-refractivity contribution in [3.63, 3.8) is 0 Å². The second kappa shape index (κ2) is 8.14. The lowest BCUT2D eigenvalue weighted by Crippen LogP contribution is -2.17. The minimum atomic E-state index is -2.78. The largest absolute Gasteiger partial charge is 0.475 e. The number of hydrogen-bond acceptors (Lipinski definition) is 7. The molecular formula is C20H20F2N6O2S. The molecule has 0 saturated carbocycles. The summed E-state index contributed by atoms with van der Waals surface area (Å²) in [5.41, 5.74) is 2.17. The van der Waals surface area contributed by atoms with Crippen LogP contribution in [0.4, 0.5) is 26.0 Å². The monoisotopic (exact) mass is 446 g/mol. The number of carbonyl (C=O) groups excluding carboxylic acids is 1. The Balaban J connectivity index is 1.73. The quantitative estimate of drug-likeness (QED) is 0.365. The van der Waals surface area contributed by atoms with Crippen molar-refractivity contribution >= 4 is 52.4 Å². The molecule has 0 unspecified atom stereocenters. The van der Waals surface area contributed by atoms with Gasteiger partial charge in [0, 0.05) is 16.5 Å². The maximum Gasteiger partial charge on any atom is 0.295 e. The molecule has 3 heterocycles. The molecule has 1 aliphatic heterocycles. The summed E-state index contributed by atoms with van der Waals surface area (Å²) in [5, 5.41) is 5.67. The Kier molecular flexibility index (Phi) is 5.52. The number of aromatic amines is 1.